The van der Waals surface area contributed by atoms with Crippen LogP contribution in [0.5, 0.6) is 0 Å². The summed E-state index contributed by atoms with van der Waals surface area (Å²) in [7, 11) is 0. The topological polar surface area (TPSA) is 29.1 Å². The summed E-state index contributed by atoms with van der Waals surface area (Å²) in [5.74, 6) is -1.40. The number of carbonyl (C=O) groups is 1. The Morgan fingerprint density at radius 2 is 1.85 bits per heavy atom. The minimum absolute atomic E-state index is 0.142. The summed E-state index contributed by atoms with van der Waals surface area (Å²) < 4.78 is 26.1. The molecule has 0 spiro atoms. The number of halogens is 2. The minimum atomic E-state index is -0.849. The highest BCUT2D eigenvalue weighted by Gasteiger charge is 2.11. The molecule has 1 amide bonds. The maximum atomic E-state index is 13.4. The monoisotopic (exact) mass is 293 g/mol. The molecule has 20 heavy (non-hydrogen) atoms. The summed E-state index contributed by atoms with van der Waals surface area (Å²) in [5.41, 5.74) is -0.142. The van der Waals surface area contributed by atoms with Crippen molar-refractivity contribution in [2.24, 2.45) is 0 Å². The standard InChI is InChI=1S/C15H13F2NOS/c16-11-6-7-13(14(17)10-11)15(19)18-8-9-20-12-4-2-1-3-5-12/h1-7,10H,8-9H2,(H,18,19). The van der Waals surface area contributed by atoms with E-state index in [-0.39, 0.29) is 5.56 Å². The third-order valence-corrected chi connectivity index (χ3v) is 3.59. The Labute approximate surface area is 120 Å². The van der Waals surface area contributed by atoms with Gasteiger partial charge in [-0.25, -0.2) is 8.78 Å². The molecule has 0 saturated carbocycles. The molecule has 104 valence electrons. The summed E-state index contributed by atoms with van der Waals surface area (Å²) >= 11 is 1.60. The van der Waals surface area contributed by atoms with Crippen LogP contribution in [0, 0.1) is 11.6 Å². The molecule has 0 radical (unpaired) electrons. The van der Waals surface area contributed by atoms with Gasteiger partial charge in [0, 0.05) is 23.3 Å². The van der Waals surface area contributed by atoms with Crippen molar-refractivity contribution in [2.45, 2.75) is 4.90 Å². The van der Waals surface area contributed by atoms with E-state index in [0.717, 1.165) is 17.0 Å². The fraction of sp³-hybridized carbons (Fsp3) is 0.133. The lowest BCUT2D eigenvalue weighted by Gasteiger charge is -2.06. The average molecular weight is 293 g/mol. The Hall–Kier alpha value is -1.88. The molecule has 0 aliphatic carbocycles. The minimum Gasteiger partial charge on any atom is -0.351 e. The second-order valence-corrected chi connectivity index (χ2v) is 5.21. The van der Waals surface area contributed by atoms with E-state index in [9.17, 15) is 13.6 Å². The number of carbonyl (C=O) groups excluding carboxylic acids is 1. The van der Waals surface area contributed by atoms with Gasteiger partial charge < -0.3 is 5.32 Å². The Balaban J connectivity index is 1.80. The summed E-state index contributed by atoms with van der Waals surface area (Å²) in [5, 5.41) is 2.61. The molecule has 1 N–H and O–H groups in total. The zero-order valence-electron chi connectivity index (χ0n) is 10.6. The lowest BCUT2D eigenvalue weighted by molar-refractivity contribution is 0.0952. The van der Waals surface area contributed by atoms with E-state index in [0.29, 0.717) is 18.4 Å². The highest BCUT2D eigenvalue weighted by Crippen LogP contribution is 2.16. The number of hydrogen-bond acceptors (Lipinski definition) is 2. The highest BCUT2D eigenvalue weighted by atomic mass is 32.2. The Morgan fingerprint density at radius 3 is 2.55 bits per heavy atom. The molecule has 0 bridgehead atoms. The maximum absolute atomic E-state index is 13.4. The van der Waals surface area contributed by atoms with E-state index < -0.39 is 17.5 Å². The molecule has 0 fully saturated rings. The van der Waals surface area contributed by atoms with E-state index in [1.165, 1.54) is 0 Å². The summed E-state index contributed by atoms with van der Waals surface area (Å²) in [6, 6.07) is 12.7. The maximum Gasteiger partial charge on any atom is 0.254 e. The SMILES string of the molecule is O=C(NCCSc1ccccc1)c1ccc(F)cc1F. The Kier molecular flexibility index (Phi) is 5.12. The molecule has 0 aromatic heterocycles. The van der Waals surface area contributed by atoms with Crippen molar-refractivity contribution in [1.82, 2.24) is 5.32 Å². The van der Waals surface area contributed by atoms with Crippen molar-refractivity contribution in [1.29, 1.82) is 0 Å². The molecular weight excluding hydrogens is 280 g/mol. The molecule has 5 heteroatoms. The van der Waals surface area contributed by atoms with Crippen LogP contribution in [-0.4, -0.2) is 18.2 Å². The second kappa shape index (κ2) is 7.05. The Morgan fingerprint density at radius 1 is 1.10 bits per heavy atom. The van der Waals surface area contributed by atoms with Crippen molar-refractivity contribution in [3.8, 4) is 0 Å². The first-order valence-corrected chi connectivity index (χ1v) is 7.06. The highest BCUT2D eigenvalue weighted by molar-refractivity contribution is 7.99. The van der Waals surface area contributed by atoms with Crippen molar-refractivity contribution in [3.05, 3.63) is 65.7 Å². The van der Waals surface area contributed by atoms with Crippen LogP contribution >= 0.6 is 11.8 Å². The zero-order chi connectivity index (χ0) is 14.4. The molecule has 2 nitrogen and oxygen atoms in total. The quantitative estimate of drug-likeness (QED) is 0.675. The molecule has 0 heterocycles. The lowest BCUT2D eigenvalue weighted by Crippen LogP contribution is -2.26. The van der Waals surface area contributed by atoms with Gasteiger partial charge in [-0.05, 0) is 24.3 Å². The number of benzene rings is 2. The van der Waals surface area contributed by atoms with E-state index in [1.54, 1.807) is 11.8 Å². The molecule has 0 atom stereocenters. The summed E-state index contributed by atoms with van der Waals surface area (Å²) in [6.07, 6.45) is 0. The normalized spacial score (nSPS) is 10.3. The molecule has 2 aromatic rings. The van der Waals surface area contributed by atoms with Gasteiger partial charge in [0.15, 0.2) is 0 Å². The third kappa shape index (κ3) is 4.06. The molecular formula is C15H13F2NOS. The van der Waals surface area contributed by atoms with Crippen molar-refractivity contribution < 1.29 is 13.6 Å². The van der Waals surface area contributed by atoms with Crippen LogP contribution in [0.4, 0.5) is 8.78 Å². The van der Waals surface area contributed by atoms with Gasteiger partial charge in [-0.15, -0.1) is 11.8 Å². The number of hydrogen-bond donors (Lipinski definition) is 1. The largest absolute Gasteiger partial charge is 0.351 e. The fourth-order valence-corrected chi connectivity index (χ4v) is 2.41. The van der Waals surface area contributed by atoms with Crippen molar-refractivity contribution >= 4 is 17.7 Å². The number of thioether (sulfide) groups is 1. The fourth-order valence-electron chi connectivity index (χ4n) is 1.62. The molecule has 0 unspecified atom stereocenters. The van der Waals surface area contributed by atoms with Crippen LogP contribution in [-0.2, 0) is 0 Å². The van der Waals surface area contributed by atoms with Crippen LogP contribution in [0.1, 0.15) is 10.4 Å². The zero-order valence-corrected chi connectivity index (χ0v) is 11.4. The van der Waals surface area contributed by atoms with Gasteiger partial charge in [-0.1, -0.05) is 18.2 Å². The van der Waals surface area contributed by atoms with Gasteiger partial charge in [0.1, 0.15) is 11.6 Å². The Bertz CT molecular complexity index is 590. The molecule has 2 aromatic carbocycles. The van der Waals surface area contributed by atoms with Crippen LogP contribution < -0.4 is 5.32 Å². The number of amides is 1. The van der Waals surface area contributed by atoms with Gasteiger partial charge in [0.05, 0.1) is 5.56 Å². The van der Waals surface area contributed by atoms with Gasteiger partial charge in [0.25, 0.3) is 5.91 Å². The van der Waals surface area contributed by atoms with Crippen LogP contribution in [0.2, 0.25) is 0 Å². The van der Waals surface area contributed by atoms with Gasteiger partial charge in [-0.2, -0.15) is 0 Å². The molecule has 0 saturated heterocycles. The summed E-state index contributed by atoms with van der Waals surface area (Å²) in [4.78, 5) is 12.8. The average Bonchev–Trinajstić information content (AvgIpc) is 2.44. The molecule has 2 rings (SSSR count). The van der Waals surface area contributed by atoms with Crippen LogP contribution in [0.25, 0.3) is 0 Å². The first kappa shape index (κ1) is 14.5. The molecule has 0 aliphatic heterocycles. The van der Waals surface area contributed by atoms with Crippen LogP contribution in [0.3, 0.4) is 0 Å². The van der Waals surface area contributed by atoms with Gasteiger partial charge in [-0.3, -0.25) is 4.79 Å². The van der Waals surface area contributed by atoms with E-state index in [4.69, 9.17) is 0 Å². The first-order chi connectivity index (χ1) is 9.66. The van der Waals surface area contributed by atoms with Crippen molar-refractivity contribution in [2.75, 3.05) is 12.3 Å². The summed E-state index contributed by atoms with van der Waals surface area (Å²) in [6.45, 7) is 0.412. The number of nitrogens with one attached hydrogen (secondary N) is 1. The smallest absolute Gasteiger partial charge is 0.254 e. The van der Waals surface area contributed by atoms with Gasteiger partial charge >= 0.3 is 0 Å². The van der Waals surface area contributed by atoms with Gasteiger partial charge in [0.2, 0.25) is 0 Å². The van der Waals surface area contributed by atoms with E-state index >= 15 is 0 Å². The lowest BCUT2D eigenvalue weighted by atomic mass is 10.2. The van der Waals surface area contributed by atoms with Crippen LogP contribution in [0.15, 0.2) is 53.4 Å². The second-order valence-electron chi connectivity index (χ2n) is 4.04. The third-order valence-electron chi connectivity index (χ3n) is 2.58. The predicted molar refractivity (Wildman–Crippen MR) is 75.9 cm³/mol. The predicted octanol–water partition coefficient (Wildman–Crippen LogP) is 3.49. The van der Waals surface area contributed by atoms with E-state index in [1.807, 2.05) is 30.3 Å². The van der Waals surface area contributed by atoms with Crippen molar-refractivity contribution in [3.63, 3.8) is 0 Å². The van der Waals surface area contributed by atoms with E-state index in [2.05, 4.69) is 5.32 Å². The first-order valence-electron chi connectivity index (χ1n) is 6.08. The number of rotatable bonds is 5. The molecule has 0 aliphatic rings.